The Bertz CT molecular complexity index is 1210. The highest BCUT2D eigenvalue weighted by atomic mass is 35.5. The maximum absolute atomic E-state index is 13.0. The highest BCUT2D eigenvalue weighted by molar-refractivity contribution is 7.87. The Kier molecular flexibility index (Phi) is 5.98. The zero-order valence-electron chi connectivity index (χ0n) is 14.3. The van der Waals surface area contributed by atoms with Gasteiger partial charge in [0.25, 0.3) is 10.1 Å². The van der Waals surface area contributed by atoms with Gasteiger partial charge in [-0.1, -0.05) is 58.5 Å². The maximum atomic E-state index is 13.0. The Balaban J connectivity index is 2.68. The summed E-state index contributed by atoms with van der Waals surface area (Å²) in [7, 11) is -5.18. The number of aromatic hydroxyl groups is 2. The molecule has 0 saturated heterocycles. The first kappa shape index (κ1) is 22.0. The van der Waals surface area contributed by atoms with Crippen LogP contribution in [-0.2, 0) is 14.9 Å². The van der Waals surface area contributed by atoms with Gasteiger partial charge in [0, 0.05) is 21.2 Å². The third kappa shape index (κ3) is 3.65. The third-order valence-corrected chi connectivity index (χ3v) is 7.09. The summed E-state index contributed by atoms with van der Waals surface area (Å²) < 4.78 is 33.9. The second-order valence-corrected chi connectivity index (χ2v) is 9.30. The van der Waals surface area contributed by atoms with Crippen LogP contribution >= 0.6 is 46.4 Å². The van der Waals surface area contributed by atoms with Gasteiger partial charge in [-0.25, -0.2) is 0 Å². The minimum absolute atomic E-state index is 0.0606. The molecule has 0 aromatic heterocycles. The monoisotopic (exact) mass is 492 g/mol. The number of hydrogen-bond donors (Lipinski definition) is 3. The highest BCUT2D eigenvalue weighted by Crippen LogP contribution is 2.53. The molecule has 3 aromatic carbocycles. The lowest BCUT2D eigenvalue weighted by atomic mass is 9.83. The van der Waals surface area contributed by atoms with Gasteiger partial charge in [0.05, 0.1) is 10.0 Å². The molecular formula is C19H12Cl4O5S. The summed E-state index contributed by atoms with van der Waals surface area (Å²) in [6.45, 7) is 0. The van der Waals surface area contributed by atoms with E-state index in [1.54, 1.807) is 0 Å². The summed E-state index contributed by atoms with van der Waals surface area (Å²) >= 11 is 24.5. The summed E-state index contributed by atoms with van der Waals surface area (Å²) in [4.78, 5) is 0. The average Bonchev–Trinajstić information content (AvgIpc) is 2.63. The van der Waals surface area contributed by atoms with Crippen molar-refractivity contribution in [1.82, 2.24) is 0 Å². The van der Waals surface area contributed by atoms with E-state index >= 15 is 0 Å². The molecule has 5 nitrogen and oxygen atoms in total. The first-order valence-electron chi connectivity index (χ1n) is 7.89. The number of phenolic OH excluding ortho intramolecular Hbond substituents is 2. The molecule has 0 spiro atoms. The topological polar surface area (TPSA) is 94.8 Å². The van der Waals surface area contributed by atoms with E-state index in [-0.39, 0.29) is 31.2 Å². The SMILES string of the molecule is O=S(=O)(O)C(c1cccc(Cl)c1)(c1cc(Cl)ccc1O)c1c(O)ccc(Cl)c1Cl. The molecule has 29 heavy (non-hydrogen) atoms. The van der Waals surface area contributed by atoms with E-state index in [9.17, 15) is 23.2 Å². The van der Waals surface area contributed by atoms with E-state index in [4.69, 9.17) is 46.4 Å². The van der Waals surface area contributed by atoms with Crippen LogP contribution in [0, 0.1) is 0 Å². The van der Waals surface area contributed by atoms with Crippen molar-refractivity contribution in [3.05, 3.63) is 91.4 Å². The molecule has 0 bridgehead atoms. The van der Waals surface area contributed by atoms with Gasteiger partial charge >= 0.3 is 0 Å². The first-order chi connectivity index (χ1) is 13.5. The Morgan fingerprint density at radius 2 is 1.41 bits per heavy atom. The van der Waals surface area contributed by atoms with Gasteiger partial charge in [-0.2, -0.15) is 8.42 Å². The van der Waals surface area contributed by atoms with Gasteiger partial charge in [-0.3, -0.25) is 4.55 Å². The third-order valence-electron chi connectivity index (χ3n) is 4.38. The van der Waals surface area contributed by atoms with Crippen molar-refractivity contribution < 1.29 is 23.2 Å². The molecule has 1 atom stereocenters. The van der Waals surface area contributed by atoms with E-state index in [0.717, 1.165) is 18.2 Å². The summed E-state index contributed by atoms with van der Waals surface area (Å²) in [5.74, 6) is -1.11. The highest BCUT2D eigenvalue weighted by Gasteiger charge is 2.53. The molecule has 0 aliphatic carbocycles. The molecule has 152 valence electrons. The Morgan fingerprint density at radius 3 is 2.03 bits per heavy atom. The zero-order valence-corrected chi connectivity index (χ0v) is 18.1. The second-order valence-electron chi connectivity index (χ2n) is 6.08. The van der Waals surface area contributed by atoms with E-state index in [1.807, 2.05) is 0 Å². The van der Waals surface area contributed by atoms with Crippen molar-refractivity contribution in [2.24, 2.45) is 0 Å². The predicted molar refractivity (Wildman–Crippen MR) is 114 cm³/mol. The van der Waals surface area contributed by atoms with E-state index in [2.05, 4.69) is 0 Å². The summed E-state index contributed by atoms with van der Waals surface area (Å²) in [5, 5.41) is 20.9. The van der Waals surface area contributed by atoms with Crippen LogP contribution in [0.3, 0.4) is 0 Å². The lowest BCUT2D eigenvalue weighted by Crippen LogP contribution is -2.38. The molecule has 3 aromatic rings. The van der Waals surface area contributed by atoms with E-state index in [0.29, 0.717) is 0 Å². The molecule has 0 saturated carbocycles. The van der Waals surface area contributed by atoms with Gasteiger partial charge in [-0.15, -0.1) is 0 Å². The molecule has 0 radical (unpaired) electrons. The summed E-state index contributed by atoms with van der Waals surface area (Å²) in [6, 6.07) is 11.5. The number of phenols is 2. The van der Waals surface area contributed by atoms with Crippen LogP contribution < -0.4 is 0 Å². The number of hydrogen-bond acceptors (Lipinski definition) is 4. The molecule has 3 rings (SSSR count). The lowest BCUT2D eigenvalue weighted by Gasteiger charge is -2.34. The smallest absolute Gasteiger partial charge is 0.283 e. The lowest BCUT2D eigenvalue weighted by molar-refractivity contribution is 0.428. The van der Waals surface area contributed by atoms with Crippen LogP contribution in [-0.4, -0.2) is 23.2 Å². The molecule has 10 heteroatoms. The van der Waals surface area contributed by atoms with E-state index < -0.39 is 31.9 Å². The fraction of sp³-hybridized carbons (Fsp3) is 0.0526. The minimum Gasteiger partial charge on any atom is -0.508 e. The molecule has 3 N–H and O–H groups in total. The summed E-state index contributed by atoms with van der Waals surface area (Å²) in [6.07, 6.45) is 0. The Labute approximate surface area is 186 Å². The normalized spacial score (nSPS) is 13.8. The molecule has 0 amide bonds. The van der Waals surface area contributed by atoms with Crippen LogP contribution in [0.15, 0.2) is 54.6 Å². The minimum atomic E-state index is -5.18. The van der Waals surface area contributed by atoms with Crippen molar-refractivity contribution in [1.29, 1.82) is 0 Å². The van der Waals surface area contributed by atoms with Crippen LogP contribution in [0.5, 0.6) is 11.5 Å². The van der Waals surface area contributed by atoms with Gasteiger partial charge in [0.2, 0.25) is 0 Å². The number of rotatable bonds is 4. The molecule has 0 aliphatic heterocycles. The fourth-order valence-corrected chi connectivity index (χ4v) is 5.43. The molecule has 0 fully saturated rings. The molecule has 0 heterocycles. The van der Waals surface area contributed by atoms with Crippen molar-refractivity contribution >= 4 is 56.5 Å². The predicted octanol–water partition coefficient (Wildman–Crippen LogP) is 5.89. The molecular weight excluding hydrogens is 482 g/mol. The Morgan fingerprint density at radius 1 is 0.793 bits per heavy atom. The van der Waals surface area contributed by atoms with Gasteiger partial charge in [0.1, 0.15) is 11.5 Å². The van der Waals surface area contributed by atoms with Gasteiger partial charge in [-0.05, 0) is 48.0 Å². The number of benzene rings is 3. The van der Waals surface area contributed by atoms with Gasteiger partial charge in [0.15, 0.2) is 4.75 Å². The van der Waals surface area contributed by atoms with Crippen LogP contribution in [0.4, 0.5) is 0 Å². The number of halogens is 4. The van der Waals surface area contributed by atoms with E-state index in [1.165, 1.54) is 36.4 Å². The van der Waals surface area contributed by atoms with Gasteiger partial charge < -0.3 is 10.2 Å². The van der Waals surface area contributed by atoms with Crippen molar-refractivity contribution in [3.63, 3.8) is 0 Å². The van der Waals surface area contributed by atoms with Crippen molar-refractivity contribution in [2.45, 2.75) is 4.75 Å². The second kappa shape index (κ2) is 7.87. The van der Waals surface area contributed by atoms with Crippen molar-refractivity contribution in [2.75, 3.05) is 0 Å². The Hall–Kier alpha value is -1.67. The zero-order chi connectivity index (χ0) is 21.6. The quantitative estimate of drug-likeness (QED) is 0.311. The largest absolute Gasteiger partial charge is 0.508 e. The standard InChI is InChI=1S/C19H12Cl4O5S/c20-11-3-1-2-10(8-11)19(29(26,27)28,13-9-12(21)4-6-15(13)24)17-16(25)7-5-14(22)18(17)23/h1-9,24-25H,(H,26,27,28). The average molecular weight is 494 g/mol. The van der Waals surface area contributed by atoms with Crippen LogP contribution in [0.2, 0.25) is 20.1 Å². The maximum Gasteiger partial charge on any atom is 0.283 e. The van der Waals surface area contributed by atoms with Crippen LogP contribution in [0.1, 0.15) is 16.7 Å². The fourth-order valence-electron chi connectivity index (χ4n) is 3.22. The van der Waals surface area contributed by atoms with Crippen LogP contribution in [0.25, 0.3) is 0 Å². The molecule has 1 unspecified atom stereocenters. The summed E-state index contributed by atoms with van der Waals surface area (Å²) in [5.41, 5.74) is -0.923. The first-order valence-corrected chi connectivity index (χ1v) is 10.8. The molecule has 0 aliphatic rings. The van der Waals surface area contributed by atoms with Crippen molar-refractivity contribution in [3.8, 4) is 11.5 Å².